The fourth-order valence-corrected chi connectivity index (χ4v) is 5.56. The first-order valence-electron chi connectivity index (χ1n) is 4.73. The molecule has 13 heavy (non-hydrogen) atoms. The minimum absolute atomic E-state index is 0.0712. The number of rotatable bonds is 1. The molecular weight excluding hydrogens is 204 g/mol. The smallest absolute Gasteiger partial charge is 0.306 e. The van der Waals surface area contributed by atoms with Crippen LogP contribution in [-0.2, 0) is 4.79 Å². The molecule has 0 amide bonds. The SMILES string of the molecule is O=C(O)C1CCC2(C1)SCCCS2. The molecule has 1 atom stereocenters. The van der Waals surface area contributed by atoms with Gasteiger partial charge in [-0.1, -0.05) is 0 Å². The van der Waals surface area contributed by atoms with E-state index in [1.807, 2.05) is 23.5 Å². The standard InChI is InChI=1S/C9H14O2S2/c10-8(11)7-2-3-9(6-7)12-4-1-5-13-9/h7H,1-6H2,(H,10,11). The maximum atomic E-state index is 10.8. The van der Waals surface area contributed by atoms with Gasteiger partial charge in [-0.2, -0.15) is 0 Å². The van der Waals surface area contributed by atoms with Crippen molar-refractivity contribution < 1.29 is 9.90 Å². The van der Waals surface area contributed by atoms with Gasteiger partial charge in [-0.25, -0.2) is 0 Å². The fourth-order valence-electron chi connectivity index (χ4n) is 2.06. The van der Waals surface area contributed by atoms with Crippen LogP contribution in [0.25, 0.3) is 0 Å². The summed E-state index contributed by atoms with van der Waals surface area (Å²) in [6.45, 7) is 0. The van der Waals surface area contributed by atoms with Crippen molar-refractivity contribution in [3.63, 3.8) is 0 Å². The minimum atomic E-state index is -0.594. The summed E-state index contributed by atoms with van der Waals surface area (Å²) in [7, 11) is 0. The van der Waals surface area contributed by atoms with Crippen LogP contribution in [0.15, 0.2) is 0 Å². The Morgan fingerprint density at radius 2 is 2.08 bits per heavy atom. The van der Waals surface area contributed by atoms with Gasteiger partial charge in [0, 0.05) is 0 Å². The van der Waals surface area contributed by atoms with E-state index < -0.39 is 5.97 Å². The summed E-state index contributed by atoms with van der Waals surface area (Å²) in [5, 5.41) is 8.91. The molecule has 2 rings (SSSR count). The second-order valence-electron chi connectivity index (χ2n) is 3.74. The summed E-state index contributed by atoms with van der Waals surface area (Å²) in [6.07, 6.45) is 4.15. The molecular formula is C9H14O2S2. The predicted octanol–water partition coefficient (Wildman–Crippen LogP) is 2.44. The van der Waals surface area contributed by atoms with Gasteiger partial charge >= 0.3 is 5.97 Å². The number of carboxylic acids is 1. The molecule has 1 aliphatic carbocycles. The van der Waals surface area contributed by atoms with Gasteiger partial charge in [0.05, 0.1) is 10.00 Å². The molecule has 74 valence electrons. The molecule has 2 aliphatic rings. The van der Waals surface area contributed by atoms with Crippen molar-refractivity contribution >= 4 is 29.5 Å². The normalized spacial score (nSPS) is 32.2. The van der Waals surface area contributed by atoms with Gasteiger partial charge in [-0.3, -0.25) is 4.79 Å². The molecule has 0 bridgehead atoms. The van der Waals surface area contributed by atoms with Gasteiger partial charge in [-0.05, 0) is 37.2 Å². The van der Waals surface area contributed by atoms with Crippen LogP contribution in [0.5, 0.6) is 0 Å². The van der Waals surface area contributed by atoms with E-state index in [1.54, 1.807) is 0 Å². The average Bonchev–Trinajstić information content (AvgIpc) is 2.51. The van der Waals surface area contributed by atoms with Crippen LogP contribution in [0.1, 0.15) is 25.7 Å². The van der Waals surface area contributed by atoms with Gasteiger partial charge < -0.3 is 5.11 Å². The fraction of sp³-hybridized carbons (Fsp3) is 0.889. The summed E-state index contributed by atoms with van der Waals surface area (Å²) in [4.78, 5) is 10.8. The largest absolute Gasteiger partial charge is 0.481 e. The average molecular weight is 218 g/mol. The Morgan fingerprint density at radius 3 is 2.62 bits per heavy atom. The van der Waals surface area contributed by atoms with Crippen molar-refractivity contribution in [2.24, 2.45) is 5.92 Å². The number of thioether (sulfide) groups is 2. The predicted molar refractivity (Wildman–Crippen MR) is 57.2 cm³/mol. The molecule has 2 nitrogen and oxygen atoms in total. The summed E-state index contributed by atoms with van der Waals surface area (Å²) < 4.78 is 0.279. The van der Waals surface area contributed by atoms with Crippen molar-refractivity contribution in [1.29, 1.82) is 0 Å². The van der Waals surface area contributed by atoms with Crippen molar-refractivity contribution in [1.82, 2.24) is 0 Å². The molecule has 0 aromatic heterocycles. The Kier molecular flexibility index (Phi) is 2.79. The number of hydrogen-bond acceptors (Lipinski definition) is 3. The first-order chi connectivity index (χ1) is 6.22. The minimum Gasteiger partial charge on any atom is -0.481 e. The van der Waals surface area contributed by atoms with E-state index in [0.29, 0.717) is 0 Å². The third-order valence-corrected chi connectivity index (χ3v) is 6.29. The molecule has 0 aromatic rings. The topological polar surface area (TPSA) is 37.3 Å². The number of carbonyl (C=O) groups is 1. The first-order valence-corrected chi connectivity index (χ1v) is 6.70. The van der Waals surface area contributed by atoms with Crippen molar-refractivity contribution in [2.75, 3.05) is 11.5 Å². The van der Waals surface area contributed by atoms with Crippen LogP contribution in [0.4, 0.5) is 0 Å². The van der Waals surface area contributed by atoms with Crippen LogP contribution in [0, 0.1) is 5.92 Å². The lowest BCUT2D eigenvalue weighted by molar-refractivity contribution is -0.141. The highest BCUT2D eigenvalue weighted by Crippen LogP contribution is 2.54. The van der Waals surface area contributed by atoms with E-state index in [-0.39, 0.29) is 10.00 Å². The molecule has 0 aromatic carbocycles. The Hall–Kier alpha value is 0.170. The van der Waals surface area contributed by atoms with Crippen LogP contribution in [-0.4, -0.2) is 26.7 Å². The second-order valence-corrected chi connectivity index (χ2v) is 6.95. The molecule has 1 saturated carbocycles. The molecule has 1 saturated heterocycles. The highest BCUT2D eigenvalue weighted by molar-refractivity contribution is 8.18. The molecule has 1 unspecified atom stereocenters. The molecule has 1 heterocycles. The molecule has 1 N–H and O–H groups in total. The first kappa shape index (κ1) is 9.71. The van der Waals surface area contributed by atoms with Gasteiger partial charge in [0.25, 0.3) is 0 Å². The summed E-state index contributed by atoms with van der Waals surface area (Å²) in [5.41, 5.74) is 0. The maximum absolute atomic E-state index is 10.8. The van der Waals surface area contributed by atoms with E-state index >= 15 is 0 Å². The van der Waals surface area contributed by atoms with E-state index in [0.717, 1.165) is 19.3 Å². The summed E-state index contributed by atoms with van der Waals surface area (Å²) >= 11 is 3.99. The monoisotopic (exact) mass is 218 g/mol. The van der Waals surface area contributed by atoms with E-state index in [9.17, 15) is 4.79 Å². The lowest BCUT2D eigenvalue weighted by Gasteiger charge is -2.31. The van der Waals surface area contributed by atoms with Gasteiger partial charge in [0.1, 0.15) is 0 Å². The van der Waals surface area contributed by atoms with Gasteiger partial charge in [-0.15, -0.1) is 23.5 Å². The van der Waals surface area contributed by atoms with E-state index in [1.165, 1.54) is 17.9 Å². The third kappa shape index (κ3) is 1.99. The molecule has 4 heteroatoms. The van der Waals surface area contributed by atoms with E-state index in [2.05, 4.69) is 0 Å². The quantitative estimate of drug-likeness (QED) is 0.733. The van der Waals surface area contributed by atoms with Crippen LogP contribution < -0.4 is 0 Å². The number of hydrogen-bond donors (Lipinski definition) is 1. The maximum Gasteiger partial charge on any atom is 0.306 e. The highest BCUT2D eigenvalue weighted by atomic mass is 32.2. The molecule has 2 fully saturated rings. The van der Waals surface area contributed by atoms with Gasteiger partial charge in [0.2, 0.25) is 0 Å². The lowest BCUT2D eigenvalue weighted by atomic mass is 10.1. The zero-order chi connectivity index (χ0) is 9.31. The van der Waals surface area contributed by atoms with Gasteiger partial charge in [0.15, 0.2) is 0 Å². The second kappa shape index (κ2) is 3.73. The Labute approximate surface area is 86.8 Å². The zero-order valence-corrected chi connectivity index (χ0v) is 9.12. The van der Waals surface area contributed by atoms with Crippen LogP contribution in [0.3, 0.4) is 0 Å². The van der Waals surface area contributed by atoms with Crippen molar-refractivity contribution in [3.8, 4) is 0 Å². The Bertz CT molecular complexity index is 212. The molecule has 0 radical (unpaired) electrons. The van der Waals surface area contributed by atoms with E-state index in [4.69, 9.17) is 5.11 Å². The van der Waals surface area contributed by atoms with Crippen molar-refractivity contribution in [3.05, 3.63) is 0 Å². The molecule has 1 spiro atoms. The molecule has 1 aliphatic heterocycles. The van der Waals surface area contributed by atoms with Crippen LogP contribution in [0.2, 0.25) is 0 Å². The third-order valence-electron chi connectivity index (χ3n) is 2.80. The summed E-state index contributed by atoms with van der Waals surface area (Å²) in [5.74, 6) is 1.78. The Morgan fingerprint density at radius 1 is 1.38 bits per heavy atom. The zero-order valence-electron chi connectivity index (χ0n) is 7.49. The summed E-state index contributed by atoms with van der Waals surface area (Å²) in [6, 6.07) is 0. The number of carboxylic acid groups (broad SMARTS) is 1. The number of aliphatic carboxylic acids is 1. The van der Waals surface area contributed by atoms with Crippen LogP contribution >= 0.6 is 23.5 Å². The van der Waals surface area contributed by atoms with Crippen molar-refractivity contribution in [2.45, 2.75) is 29.8 Å². The lowest BCUT2D eigenvalue weighted by Crippen LogP contribution is -2.22. The Balaban J connectivity index is 1.98. The highest BCUT2D eigenvalue weighted by Gasteiger charge is 2.43.